The molecule has 4 rings (SSSR count). The Morgan fingerprint density at radius 1 is 0.967 bits per heavy atom. The average Bonchev–Trinajstić information content (AvgIpc) is 3.18. The minimum absolute atomic E-state index is 0.463. The van der Waals surface area contributed by atoms with Crippen LogP contribution in [0.4, 0.5) is 5.95 Å². The molecular weight excluding hydrogens is 376 g/mol. The van der Waals surface area contributed by atoms with Gasteiger partial charge in [-0.15, -0.1) is 0 Å². The van der Waals surface area contributed by atoms with Crippen molar-refractivity contribution in [2.75, 3.05) is 12.5 Å². The highest BCUT2D eigenvalue weighted by Gasteiger charge is 2.11. The molecule has 0 unspecified atom stereocenters. The summed E-state index contributed by atoms with van der Waals surface area (Å²) in [6, 6.07) is 19.7. The van der Waals surface area contributed by atoms with Crippen molar-refractivity contribution in [1.82, 2.24) is 19.7 Å². The molecule has 2 aromatic heterocycles. The van der Waals surface area contributed by atoms with Crippen molar-refractivity contribution >= 4 is 12.2 Å². The van der Waals surface area contributed by atoms with Crippen molar-refractivity contribution in [3.8, 4) is 22.7 Å². The lowest BCUT2D eigenvalue weighted by Crippen LogP contribution is -1.99. The van der Waals surface area contributed by atoms with E-state index in [0.29, 0.717) is 5.95 Å². The van der Waals surface area contributed by atoms with E-state index in [0.717, 1.165) is 39.6 Å². The predicted molar refractivity (Wildman–Crippen MR) is 118 cm³/mol. The van der Waals surface area contributed by atoms with E-state index in [1.54, 1.807) is 13.3 Å². The van der Waals surface area contributed by atoms with Gasteiger partial charge in [-0.1, -0.05) is 18.2 Å². The number of ether oxygens (including phenoxy) is 1. The van der Waals surface area contributed by atoms with Crippen molar-refractivity contribution in [2.45, 2.75) is 13.8 Å². The van der Waals surface area contributed by atoms with Crippen molar-refractivity contribution < 1.29 is 4.74 Å². The van der Waals surface area contributed by atoms with Gasteiger partial charge >= 0.3 is 0 Å². The summed E-state index contributed by atoms with van der Waals surface area (Å²) >= 11 is 0. The number of nitrogens with one attached hydrogen (secondary N) is 1. The Morgan fingerprint density at radius 2 is 1.67 bits per heavy atom. The number of anilines is 1. The molecule has 1 N–H and O–H groups in total. The van der Waals surface area contributed by atoms with Crippen LogP contribution < -0.4 is 10.2 Å². The van der Waals surface area contributed by atoms with Crippen LogP contribution in [0, 0.1) is 13.8 Å². The third-order valence-electron chi connectivity index (χ3n) is 4.48. The minimum atomic E-state index is 0.463. The molecule has 0 fully saturated rings. The number of hydrogen-bond donors (Lipinski definition) is 1. The van der Waals surface area contributed by atoms with Crippen LogP contribution in [0.1, 0.15) is 17.0 Å². The van der Waals surface area contributed by atoms with E-state index in [1.165, 1.54) is 0 Å². The lowest BCUT2D eigenvalue weighted by molar-refractivity contribution is 0.415. The lowest BCUT2D eigenvalue weighted by Gasteiger charge is -2.03. The van der Waals surface area contributed by atoms with Crippen LogP contribution >= 0.6 is 0 Å². The monoisotopic (exact) mass is 398 g/mol. The fraction of sp³-hybridized carbons (Fsp3) is 0.130. The lowest BCUT2D eigenvalue weighted by atomic mass is 10.1. The van der Waals surface area contributed by atoms with Crippen LogP contribution in [0.2, 0.25) is 0 Å². The van der Waals surface area contributed by atoms with Gasteiger partial charge in [0.1, 0.15) is 11.4 Å². The zero-order valence-electron chi connectivity index (χ0n) is 17.1. The maximum Gasteiger partial charge on any atom is 0.243 e. The Hall–Kier alpha value is -4.00. The highest BCUT2D eigenvalue weighted by molar-refractivity contribution is 5.89. The minimum Gasteiger partial charge on any atom is -0.497 e. The Bertz CT molecular complexity index is 1150. The summed E-state index contributed by atoms with van der Waals surface area (Å²) in [4.78, 5) is 8.69. The molecule has 0 spiro atoms. The van der Waals surface area contributed by atoms with Crippen LogP contribution in [0.5, 0.6) is 5.75 Å². The third kappa shape index (κ3) is 4.35. The van der Waals surface area contributed by atoms with Crippen LogP contribution in [-0.2, 0) is 0 Å². The number of hydrogen-bond acceptors (Lipinski definition) is 6. The third-order valence-corrected chi connectivity index (χ3v) is 4.48. The molecule has 4 aromatic rings. The van der Waals surface area contributed by atoms with Crippen molar-refractivity contribution in [3.63, 3.8) is 0 Å². The van der Waals surface area contributed by atoms with E-state index in [-0.39, 0.29) is 0 Å². The standard InChI is InChI=1S/C23H22N6O/c1-16-13-17(2)26-23(25-16)27-24-14-19-15-29(20-7-5-4-6-8-20)28-22(19)18-9-11-21(30-3)12-10-18/h4-15H,1-3H3,(H,25,26,27)/b24-14+. The first-order valence-electron chi connectivity index (χ1n) is 9.53. The molecule has 30 heavy (non-hydrogen) atoms. The molecule has 0 radical (unpaired) electrons. The number of benzene rings is 2. The fourth-order valence-corrected chi connectivity index (χ4v) is 3.10. The smallest absolute Gasteiger partial charge is 0.243 e. The van der Waals surface area contributed by atoms with Gasteiger partial charge in [-0.05, 0) is 56.3 Å². The highest BCUT2D eigenvalue weighted by atomic mass is 16.5. The zero-order valence-corrected chi connectivity index (χ0v) is 17.1. The van der Waals surface area contributed by atoms with Gasteiger partial charge in [0.15, 0.2) is 0 Å². The molecule has 7 heteroatoms. The first-order chi connectivity index (χ1) is 14.6. The van der Waals surface area contributed by atoms with Gasteiger partial charge in [0.25, 0.3) is 0 Å². The first kappa shape index (κ1) is 19.3. The fourth-order valence-electron chi connectivity index (χ4n) is 3.10. The number of methoxy groups -OCH3 is 1. The normalized spacial score (nSPS) is 11.0. The van der Waals surface area contributed by atoms with Crippen LogP contribution in [0.15, 0.2) is 72.0 Å². The molecule has 150 valence electrons. The average molecular weight is 398 g/mol. The molecule has 7 nitrogen and oxygen atoms in total. The molecule has 2 aromatic carbocycles. The van der Waals surface area contributed by atoms with E-state index in [2.05, 4.69) is 20.5 Å². The molecule has 0 saturated carbocycles. The van der Waals surface area contributed by atoms with Gasteiger partial charge in [-0.25, -0.2) is 20.1 Å². The molecular formula is C23H22N6O. The second-order valence-corrected chi connectivity index (χ2v) is 6.79. The van der Waals surface area contributed by atoms with Crippen LogP contribution in [-0.4, -0.2) is 33.1 Å². The highest BCUT2D eigenvalue weighted by Crippen LogP contribution is 2.25. The number of aryl methyl sites for hydroxylation is 2. The van der Waals surface area contributed by atoms with E-state index in [4.69, 9.17) is 9.84 Å². The van der Waals surface area contributed by atoms with Gasteiger partial charge in [-0.3, -0.25) is 0 Å². The van der Waals surface area contributed by atoms with E-state index >= 15 is 0 Å². The quantitative estimate of drug-likeness (QED) is 0.385. The summed E-state index contributed by atoms with van der Waals surface area (Å²) in [5.41, 5.74) is 8.29. The molecule has 2 heterocycles. The molecule has 0 amide bonds. The molecule has 0 aliphatic carbocycles. The Morgan fingerprint density at radius 3 is 2.33 bits per heavy atom. The summed E-state index contributed by atoms with van der Waals surface area (Å²) < 4.78 is 7.11. The summed E-state index contributed by atoms with van der Waals surface area (Å²) in [7, 11) is 1.65. The van der Waals surface area contributed by atoms with Crippen LogP contribution in [0.3, 0.4) is 0 Å². The van der Waals surface area contributed by atoms with Crippen molar-refractivity contribution in [1.29, 1.82) is 0 Å². The van der Waals surface area contributed by atoms with Crippen LogP contribution in [0.25, 0.3) is 16.9 Å². The molecule has 0 aliphatic heterocycles. The van der Waals surface area contributed by atoms with Gasteiger partial charge < -0.3 is 4.74 Å². The van der Waals surface area contributed by atoms with E-state index < -0.39 is 0 Å². The van der Waals surface area contributed by atoms with Gasteiger partial charge in [0.2, 0.25) is 5.95 Å². The number of hydrazone groups is 1. The molecule has 0 saturated heterocycles. The first-order valence-corrected chi connectivity index (χ1v) is 9.53. The van der Waals surface area contributed by atoms with Crippen molar-refractivity contribution in [3.05, 3.63) is 83.8 Å². The molecule has 0 bridgehead atoms. The number of rotatable bonds is 6. The number of para-hydroxylation sites is 1. The van der Waals surface area contributed by atoms with E-state index in [9.17, 15) is 0 Å². The predicted octanol–water partition coefficient (Wildman–Crippen LogP) is 4.40. The zero-order chi connectivity index (χ0) is 20.9. The Kier molecular flexibility index (Phi) is 5.52. The summed E-state index contributed by atoms with van der Waals surface area (Å²) in [6.45, 7) is 3.85. The molecule has 0 aliphatic rings. The summed E-state index contributed by atoms with van der Waals surface area (Å²) in [5, 5.41) is 9.13. The second-order valence-electron chi connectivity index (χ2n) is 6.79. The van der Waals surface area contributed by atoms with Gasteiger partial charge in [0.05, 0.1) is 19.0 Å². The van der Waals surface area contributed by atoms with E-state index in [1.807, 2.05) is 85.4 Å². The Labute approximate surface area is 175 Å². The summed E-state index contributed by atoms with van der Waals surface area (Å²) in [5.74, 6) is 1.26. The maximum atomic E-state index is 5.27. The van der Waals surface area contributed by atoms with Crippen molar-refractivity contribution in [2.24, 2.45) is 5.10 Å². The topological polar surface area (TPSA) is 77.2 Å². The van der Waals surface area contributed by atoms with Gasteiger partial charge in [0, 0.05) is 28.7 Å². The molecule has 0 atom stereocenters. The van der Waals surface area contributed by atoms with Gasteiger partial charge in [-0.2, -0.15) is 10.2 Å². The maximum absolute atomic E-state index is 5.27. The number of nitrogens with zero attached hydrogens (tertiary/aromatic N) is 5. The summed E-state index contributed by atoms with van der Waals surface area (Å²) in [6.07, 6.45) is 3.68. The number of aromatic nitrogens is 4. The Balaban J connectivity index is 1.68. The SMILES string of the molecule is COc1ccc(-c2nn(-c3ccccc3)cc2/C=N/Nc2nc(C)cc(C)n2)cc1. The largest absolute Gasteiger partial charge is 0.497 e. The second kappa shape index (κ2) is 8.57.